The van der Waals surface area contributed by atoms with Crippen LogP contribution in [0.3, 0.4) is 0 Å². The molecule has 1 rings (SSSR count). The van der Waals surface area contributed by atoms with E-state index in [2.05, 4.69) is 11.3 Å². The molecular formula is C6H4F3O. The fraction of sp³-hybridized carbons (Fsp3) is 0.167. The Kier molecular flexibility index (Phi) is 1.46. The number of furan rings is 1. The monoisotopic (exact) mass is 149 g/mol. The van der Waals surface area contributed by atoms with Gasteiger partial charge in [0.05, 0.1) is 6.26 Å². The van der Waals surface area contributed by atoms with Crippen LogP contribution < -0.4 is 0 Å². The second kappa shape index (κ2) is 2.04. The lowest BCUT2D eigenvalue weighted by molar-refractivity contribution is -0.153. The van der Waals surface area contributed by atoms with Gasteiger partial charge in [-0.2, -0.15) is 13.2 Å². The van der Waals surface area contributed by atoms with Crippen LogP contribution in [-0.2, 0) is 6.18 Å². The maximum absolute atomic E-state index is 11.7. The van der Waals surface area contributed by atoms with Gasteiger partial charge in [-0.05, 0) is 18.6 Å². The lowest BCUT2D eigenvalue weighted by Crippen LogP contribution is -2.01. The van der Waals surface area contributed by atoms with Gasteiger partial charge in [0.2, 0.25) is 5.76 Å². The molecule has 1 heterocycles. The number of hydrogen-bond acceptors (Lipinski definition) is 1. The van der Waals surface area contributed by atoms with Crippen molar-refractivity contribution < 1.29 is 17.6 Å². The normalized spacial score (nSPS) is 12.0. The van der Waals surface area contributed by atoms with Crippen LogP contribution in [0.2, 0.25) is 0 Å². The van der Waals surface area contributed by atoms with E-state index in [0.29, 0.717) is 0 Å². The van der Waals surface area contributed by atoms with Crippen LogP contribution >= 0.6 is 0 Å². The summed E-state index contributed by atoms with van der Waals surface area (Å²) in [4.78, 5) is 0. The second-order valence-corrected chi connectivity index (χ2v) is 1.82. The summed E-state index contributed by atoms with van der Waals surface area (Å²) in [5, 5.41) is 0. The Morgan fingerprint density at radius 3 is 2.20 bits per heavy atom. The minimum atomic E-state index is -4.39. The molecule has 4 heteroatoms. The summed E-state index contributed by atoms with van der Waals surface area (Å²) in [6, 6.07) is 0.847. The quantitative estimate of drug-likeness (QED) is 0.552. The van der Waals surface area contributed by atoms with Gasteiger partial charge < -0.3 is 4.42 Å². The van der Waals surface area contributed by atoms with E-state index in [9.17, 15) is 13.2 Å². The molecular weight excluding hydrogens is 145 g/mol. The molecule has 0 saturated heterocycles. The molecule has 0 aromatic carbocycles. The Morgan fingerprint density at radius 1 is 1.40 bits per heavy atom. The van der Waals surface area contributed by atoms with Gasteiger partial charge in [0, 0.05) is 0 Å². The standard InChI is InChI=1S/C6H4F3O/c1-4-2-5(10-3-4)6(7,8)9/h2-3H,1H2. The molecule has 0 aliphatic heterocycles. The molecule has 0 N–H and O–H groups in total. The zero-order valence-corrected chi connectivity index (χ0v) is 4.90. The van der Waals surface area contributed by atoms with Crippen LogP contribution in [0.4, 0.5) is 13.2 Å². The molecule has 0 amide bonds. The first-order valence-electron chi connectivity index (χ1n) is 2.48. The summed E-state index contributed by atoms with van der Waals surface area (Å²) in [5.41, 5.74) is 0.229. The highest BCUT2D eigenvalue weighted by Gasteiger charge is 2.34. The lowest BCUT2D eigenvalue weighted by atomic mass is 10.3. The van der Waals surface area contributed by atoms with Crippen molar-refractivity contribution >= 4 is 0 Å². The zero-order valence-electron chi connectivity index (χ0n) is 4.90. The fourth-order valence-corrected chi connectivity index (χ4v) is 0.524. The second-order valence-electron chi connectivity index (χ2n) is 1.82. The lowest BCUT2D eigenvalue weighted by Gasteiger charge is -1.98. The number of halogens is 3. The molecule has 0 unspecified atom stereocenters. The topological polar surface area (TPSA) is 13.1 Å². The average molecular weight is 149 g/mol. The molecule has 55 valence electrons. The molecule has 0 atom stereocenters. The van der Waals surface area contributed by atoms with Crippen molar-refractivity contribution in [3.63, 3.8) is 0 Å². The predicted molar refractivity (Wildman–Crippen MR) is 28.2 cm³/mol. The molecule has 0 spiro atoms. The van der Waals surface area contributed by atoms with Crippen molar-refractivity contribution in [3.8, 4) is 0 Å². The third kappa shape index (κ3) is 1.32. The van der Waals surface area contributed by atoms with E-state index in [-0.39, 0.29) is 5.56 Å². The Hall–Kier alpha value is -0.930. The maximum atomic E-state index is 11.7. The summed E-state index contributed by atoms with van der Waals surface area (Å²) in [5.74, 6) is -1.00. The molecule has 1 nitrogen and oxygen atoms in total. The highest BCUT2D eigenvalue weighted by molar-refractivity contribution is 5.17. The van der Waals surface area contributed by atoms with Crippen molar-refractivity contribution in [1.82, 2.24) is 0 Å². The number of rotatable bonds is 0. The average Bonchev–Trinajstić information content (AvgIpc) is 2.11. The van der Waals surface area contributed by atoms with Gasteiger partial charge in [-0.1, -0.05) is 0 Å². The molecule has 1 aromatic heterocycles. The van der Waals surface area contributed by atoms with Gasteiger partial charge in [-0.15, -0.1) is 0 Å². The highest BCUT2D eigenvalue weighted by Crippen LogP contribution is 2.30. The number of alkyl halides is 3. The SMILES string of the molecule is [CH2]c1coc(C(F)(F)F)c1. The first-order chi connectivity index (χ1) is 4.50. The third-order valence-electron chi connectivity index (χ3n) is 0.933. The molecule has 0 aliphatic carbocycles. The maximum Gasteiger partial charge on any atom is 0.449 e. The summed E-state index contributed by atoms with van der Waals surface area (Å²) in [6.07, 6.45) is -3.43. The van der Waals surface area contributed by atoms with Gasteiger partial charge in [0.25, 0.3) is 0 Å². The minimum Gasteiger partial charge on any atom is -0.459 e. The Balaban J connectivity index is 2.96. The van der Waals surface area contributed by atoms with E-state index in [0.717, 1.165) is 12.3 Å². The van der Waals surface area contributed by atoms with Crippen molar-refractivity contribution in [2.24, 2.45) is 0 Å². The van der Waals surface area contributed by atoms with Crippen molar-refractivity contribution in [3.05, 3.63) is 30.6 Å². The smallest absolute Gasteiger partial charge is 0.449 e. The van der Waals surface area contributed by atoms with Crippen LogP contribution in [0.25, 0.3) is 0 Å². The molecule has 0 bridgehead atoms. The first-order valence-corrected chi connectivity index (χ1v) is 2.48. The van der Waals surface area contributed by atoms with E-state index >= 15 is 0 Å². The Labute approximate surface area is 55.5 Å². The summed E-state index contributed by atoms with van der Waals surface area (Å²) in [7, 11) is 0. The van der Waals surface area contributed by atoms with Crippen LogP contribution in [0, 0.1) is 6.92 Å². The van der Waals surface area contributed by atoms with Gasteiger partial charge in [0.1, 0.15) is 0 Å². The molecule has 10 heavy (non-hydrogen) atoms. The van der Waals surface area contributed by atoms with Crippen LogP contribution in [0.1, 0.15) is 11.3 Å². The first kappa shape index (κ1) is 7.18. The van der Waals surface area contributed by atoms with Gasteiger partial charge >= 0.3 is 6.18 Å². The third-order valence-corrected chi connectivity index (χ3v) is 0.933. The van der Waals surface area contributed by atoms with E-state index in [1.807, 2.05) is 0 Å². The van der Waals surface area contributed by atoms with Gasteiger partial charge in [-0.25, -0.2) is 0 Å². The number of hydrogen-bond donors (Lipinski definition) is 0. The van der Waals surface area contributed by atoms with E-state index in [4.69, 9.17) is 0 Å². The molecule has 0 saturated carbocycles. The summed E-state index contributed by atoms with van der Waals surface area (Å²) < 4.78 is 39.2. The van der Waals surface area contributed by atoms with Gasteiger partial charge in [0.15, 0.2) is 0 Å². The van der Waals surface area contributed by atoms with E-state index in [1.54, 1.807) is 0 Å². The Morgan fingerprint density at radius 2 is 2.00 bits per heavy atom. The molecule has 1 aromatic rings. The van der Waals surface area contributed by atoms with Gasteiger partial charge in [-0.3, -0.25) is 0 Å². The Bertz CT molecular complexity index is 223. The largest absolute Gasteiger partial charge is 0.459 e. The molecule has 0 aliphatic rings. The van der Waals surface area contributed by atoms with Crippen molar-refractivity contribution in [2.75, 3.05) is 0 Å². The van der Waals surface area contributed by atoms with Crippen LogP contribution in [-0.4, -0.2) is 0 Å². The fourth-order valence-electron chi connectivity index (χ4n) is 0.524. The van der Waals surface area contributed by atoms with E-state index in [1.165, 1.54) is 0 Å². The summed E-state index contributed by atoms with van der Waals surface area (Å²) >= 11 is 0. The molecule has 1 radical (unpaired) electrons. The van der Waals surface area contributed by atoms with Crippen molar-refractivity contribution in [2.45, 2.75) is 6.18 Å². The minimum absolute atomic E-state index is 0.229. The van der Waals surface area contributed by atoms with Crippen LogP contribution in [0.5, 0.6) is 0 Å². The zero-order chi connectivity index (χ0) is 7.78. The predicted octanol–water partition coefficient (Wildman–Crippen LogP) is 2.48. The van der Waals surface area contributed by atoms with Crippen molar-refractivity contribution in [1.29, 1.82) is 0 Å². The molecule has 0 fully saturated rings. The highest BCUT2D eigenvalue weighted by atomic mass is 19.4. The van der Waals surface area contributed by atoms with E-state index < -0.39 is 11.9 Å². The van der Waals surface area contributed by atoms with Crippen LogP contribution in [0.15, 0.2) is 16.7 Å². The summed E-state index contributed by atoms with van der Waals surface area (Å²) in [6.45, 7) is 3.26.